The predicted molar refractivity (Wildman–Crippen MR) is 44.4 cm³/mol. The SMILES string of the molecule is FCc1ncc2ccccc2n1. The summed E-state index contributed by atoms with van der Waals surface area (Å²) in [7, 11) is 0. The van der Waals surface area contributed by atoms with Crippen molar-refractivity contribution in [1.82, 2.24) is 9.97 Å². The topological polar surface area (TPSA) is 25.8 Å². The van der Waals surface area contributed by atoms with Crippen LogP contribution in [0, 0.1) is 0 Å². The molecule has 0 atom stereocenters. The lowest BCUT2D eigenvalue weighted by Gasteiger charge is -1.96. The minimum absolute atomic E-state index is 0.244. The first kappa shape index (κ1) is 7.16. The molecule has 0 fully saturated rings. The molecule has 0 saturated heterocycles. The monoisotopic (exact) mass is 162 g/mol. The summed E-state index contributed by atoms with van der Waals surface area (Å²) in [6.45, 7) is -0.606. The third-order valence-corrected chi connectivity index (χ3v) is 1.66. The Morgan fingerprint density at radius 3 is 2.92 bits per heavy atom. The number of nitrogens with zero attached hydrogens (tertiary/aromatic N) is 2. The van der Waals surface area contributed by atoms with E-state index in [0.717, 1.165) is 10.9 Å². The van der Waals surface area contributed by atoms with Crippen LogP contribution in [0.4, 0.5) is 4.39 Å². The molecule has 0 aliphatic heterocycles. The van der Waals surface area contributed by atoms with E-state index < -0.39 is 6.67 Å². The molecule has 0 unspecified atom stereocenters. The molecule has 0 radical (unpaired) electrons. The molecular formula is C9H7FN2. The van der Waals surface area contributed by atoms with E-state index in [2.05, 4.69) is 9.97 Å². The zero-order chi connectivity index (χ0) is 8.39. The lowest BCUT2D eigenvalue weighted by molar-refractivity contribution is 0.466. The van der Waals surface area contributed by atoms with Crippen LogP contribution in [-0.4, -0.2) is 9.97 Å². The Kier molecular flexibility index (Phi) is 1.70. The van der Waals surface area contributed by atoms with Gasteiger partial charge in [0.2, 0.25) is 0 Å². The van der Waals surface area contributed by atoms with E-state index >= 15 is 0 Å². The standard InChI is InChI=1S/C9H7FN2/c10-5-9-11-6-7-3-1-2-4-8(7)12-9/h1-4,6H,5H2. The summed E-state index contributed by atoms with van der Waals surface area (Å²) in [5.74, 6) is 0.244. The first-order valence-electron chi connectivity index (χ1n) is 3.67. The van der Waals surface area contributed by atoms with Gasteiger partial charge in [-0.05, 0) is 6.07 Å². The highest BCUT2D eigenvalue weighted by Gasteiger charge is 1.96. The third-order valence-electron chi connectivity index (χ3n) is 1.66. The van der Waals surface area contributed by atoms with Crippen LogP contribution in [0.25, 0.3) is 10.9 Å². The molecule has 0 aliphatic rings. The predicted octanol–water partition coefficient (Wildman–Crippen LogP) is 2.10. The molecule has 0 bridgehead atoms. The molecule has 0 spiro atoms. The summed E-state index contributed by atoms with van der Waals surface area (Å²) in [5.41, 5.74) is 0.792. The van der Waals surface area contributed by atoms with Crippen LogP contribution >= 0.6 is 0 Å². The largest absolute Gasteiger partial charge is 0.242 e. The summed E-state index contributed by atoms with van der Waals surface area (Å²) >= 11 is 0. The van der Waals surface area contributed by atoms with Crippen molar-refractivity contribution >= 4 is 10.9 Å². The van der Waals surface area contributed by atoms with Crippen LogP contribution in [0.1, 0.15) is 5.82 Å². The molecule has 60 valence electrons. The molecule has 2 rings (SSSR count). The number of hydrogen-bond donors (Lipinski definition) is 0. The maximum Gasteiger partial charge on any atom is 0.160 e. The van der Waals surface area contributed by atoms with Gasteiger partial charge in [0.25, 0.3) is 0 Å². The quantitative estimate of drug-likeness (QED) is 0.641. The van der Waals surface area contributed by atoms with Gasteiger partial charge in [-0.2, -0.15) is 0 Å². The minimum atomic E-state index is -0.606. The molecule has 1 aromatic heterocycles. The first-order valence-corrected chi connectivity index (χ1v) is 3.67. The van der Waals surface area contributed by atoms with Crippen molar-refractivity contribution in [2.45, 2.75) is 6.67 Å². The van der Waals surface area contributed by atoms with Gasteiger partial charge >= 0.3 is 0 Å². The van der Waals surface area contributed by atoms with Crippen LogP contribution < -0.4 is 0 Å². The van der Waals surface area contributed by atoms with Crippen molar-refractivity contribution < 1.29 is 4.39 Å². The van der Waals surface area contributed by atoms with E-state index in [1.54, 1.807) is 6.20 Å². The van der Waals surface area contributed by atoms with Gasteiger partial charge < -0.3 is 0 Å². The molecule has 0 N–H and O–H groups in total. The Labute approximate surface area is 69.1 Å². The van der Waals surface area contributed by atoms with E-state index in [9.17, 15) is 4.39 Å². The Bertz CT molecular complexity index is 400. The number of aromatic nitrogens is 2. The Morgan fingerprint density at radius 1 is 1.25 bits per heavy atom. The number of hydrogen-bond acceptors (Lipinski definition) is 2. The van der Waals surface area contributed by atoms with Crippen molar-refractivity contribution in [2.75, 3.05) is 0 Å². The van der Waals surface area contributed by atoms with Gasteiger partial charge in [-0.15, -0.1) is 0 Å². The number of fused-ring (bicyclic) bond motifs is 1. The lowest BCUT2D eigenvalue weighted by atomic mass is 10.2. The van der Waals surface area contributed by atoms with Crippen LogP contribution in [0.5, 0.6) is 0 Å². The van der Waals surface area contributed by atoms with Gasteiger partial charge in [-0.1, -0.05) is 18.2 Å². The first-order chi connectivity index (χ1) is 5.90. The molecule has 0 aliphatic carbocycles. The molecular weight excluding hydrogens is 155 g/mol. The summed E-state index contributed by atoms with van der Waals surface area (Å²) in [4.78, 5) is 7.85. The Hall–Kier alpha value is -1.51. The zero-order valence-electron chi connectivity index (χ0n) is 6.37. The smallest absolute Gasteiger partial charge is 0.160 e. The molecule has 3 heteroatoms. The zero-order valence-corrected chi connectivity index (χ0v) is 6.37. The fourth-order valence-corrected chi connectivity index (χ4v) is 1.07. The van der Waals surface area contributed by atoms with Crippen molar-refractivity contribution in [3.8, 4) is 0 Å². The average molecular weight is 162 g/mol. The van der Waals surface area contributed by atoms with E-state index in [0.29, 0.717) is 0 Å². The van der Waals surface area contributed by atoms with Crippen LogP contribution in [-0.2, 0) is 6.67 Å². The van der Waals surface area contributed by atoms with E-state index in [-0.39, 0.29) is 5.82 Å². The number of benzene rings is 1. The second-order valence-electron chi connectivity index (χ2n) is 2.48. The number of halogens is 1. The molecule has 1 heterocycles. The highest BCUT2D eigenvalue weighted by Crippen LogP contribution is 2.09. The number of alkyl halides is 1. The summed E-state index contributed by atoms with van der Waals surface area (Å²) in [6, 6.07) is 7.52. The van der Waals surface area contributed by atoms with Crippen molar-refractivity contribution in [3.63, 3.8) is 0 Å². The summed E-state index contributed by atoms with van der Waals surface area (Å²) in [5, 5.41) is 0.940. The van der Waals surface area contributed by atoms with Gasteiger partial charge in [0.1, 0.15) is 6.67 Å². The second kappa shape index (κ2) is 2.85. The second-order valence-corrected chi connectivity index (χ2v) is 2.48. The van der Waals surface area contributed by atoms with Gasteiger partial charge in [0.15, 0.2) is 5.82 Å². The molecule has 0 saturated carbocycles. The maximum atomic E-state index is 12.1. The van der Waals surface area contributed by atoms with Gasteiger partial charge in [0, 0.05) is 11.6 Å². The fourth-order valence-electron chi connectivity index (χ4n) is 1.07. The van der Waals surface area contributed by atoms with Gasteiger partial charge in [0.05, 0.1) is 5.52 Å². The summed E-state index contributed by atoms with van der Waals surface area (Å²) in [6.07, 6.45) is 1.64. The average Bonchev–Trinajstić information content (AvgIpc) is 2.17. The van der Waals surface area contributed by atoms with E-state index in [1.807, 2.05) is 24.3 Å². The van der Waals surface area contributed by atoms with Crippen LogP contribution in [0.3, 0.4) is 0 Å². The highest BCUT2D eigenvalue weighted by atomic mass is 19.1. The number of para-hydroxylation sites is 1. The number of rotatable bonds is 1. The van der Waals surface area contributed by atoms with E-state index in [4.69, 9.17) is 0 Å². The van der Waals surface area contributed by atoms with Gasteiger partial charge in [-0.25, -0.2) is 14.4 Å². The van der Waals surface area contributed by atoms with Crippen LogP contribution in [0.15, 0.2) is 30.5 Å². The Morgan fingerprint density at radius 2 is 2.08 bits per heavy atom. The van der Waals surface area contributed by atoms with E-state index in [1.165, 1.54) is 0 Å². The van der Waals surface area contributed by atoms with Crippen molar-refractivity contribution in [3.05, 3.63) is 36.3 Å². The molecule has 1 aromatic carbocycles. The minimum Gasteiger partial charge on any atom is -0.242 e. The van der Waals surface area contributed by atoms with Gasteiger partial charge in [-0.3, -0.25) is 0 Å². The third kappa shape index (κ3) is 1.13. The molecule has 12 heavy (non-hydrogen) atoms. The summed E-state index contributed by atoms with van der Waals surface area (Å²) < 4.78 is 12.1. The fraction of sp³-hybridized carbons (Fsp3) is 0.111. The molecule has 2 nitrogen and oxygen atoms in total. The van der Waals surface area contributed by atoms with Crippen LogP contribution in [0.2, 0.25) is 0 Å². The maximum absolute atomic E-state index is 12.1. The van der Waals surface area contributed by atoms with Crippen molar-refractivity contribution in [2.24, 2.45) is 0 Å². The highest BCUT2D eigenvalue weighted by molar-refractivity contribution is 5.77. The Balaban J connectivity index is 2.67. The lowest BCUT2D eigenvalue weighted by Crippen LogP contribution is -1.90. The molecule has 0 amide bonds. The molecule has 2 aromatic rings. The normalized spacial score (nSPS) is 10.4. The van der Waals surface area contributed by atoms with Crippen molar-refractivity contribution in [1.29, 1.82) is 0 Å².